The van der Waals surface area contributed by atoms with E-state index in [0.717, 1.165) is 0 Å². The van der Waals surface area contributed by atoms with Gasteiger partial charge in [-0.25, -0.2) is 0 Å². The van der Waals surface area contributed by atoms with Gasteiger partial charge in [0.05, 0.1) is 0 Å². The Kier molecular flexibility index (Phi) is 6.97. The Morgan fingerprint density at radius 3 is 0.907 bits per heavy atom. The fraction of sp³-hybridized carbons (Fsp3) is 0. The Morgan fingerprint density at radius 1 is 0.185 bits per heavy atom. The first kappa shape index (κ1) is 30.6. The SMILES string of the molecule is c1ccc2c(-c3ccc4ccc(-c5c6ccccc6c(-c6ccc7ccc(-c8cccc9ccccc89)cc7c6)c6ccccc56)cc4c3)cccc2c1. The summed E-state index contributed by atoms with van der Waals surface area (Å²) in [4.78, 5) is 0. The van der Waals surface area contributed by atoms with Crippen LogP contribution in [-0.4, -0.2) is 0 Å². The van der Waals surface area contributed by atoms with E-state index in [-0.39, 0.29) is 0 Å². The summed E-state index contributed by atoms with van der Waals surface area (Å²) in [6, 6.07) is 76.2. The summed E-state index contributed by atoms with van der Waals surface area (Å²) in [5.41, 5.74) is 10.0. The third kappa shape index (κ3) is 4.92. The average Bonchev–Trinajstić information content (AvgIpc) is 3.24. The van der Waals surface area contributed by atoms with Gasteiger partial charge >= 0.3 is 0 Å². The van der Waals surface area contributed by atoms with Crippen molar-refractivity contribution in [3.63, 3.8) is 0 Å². The summed E-state index contributed by atoms with van der Waals surface area (Å²) in [5, 5.41) is 15.1. The van der Waals surface area contributed by atoms with Crippen molar-refractivity contribution in [2.75, 3.05) is 0 Å². The van der Waals surface area contributed by atoms with E-state index < -0.39 is 0 Å². The molecule has 0 saturated heterocycles. The van der Waals surface area contributed by atoms with Crippen LogP contribution in [-0.2, 0) is 0 Å². The predicted molar refractivity (Wildman–Crippen MR) is 233 cm³/mol. The molecule has 0 atom stereocenters. The summed E-state index contributed by atoms with van der Waals surface area (Å²) < 4.78 is 0. The molecule has 0 heterocycles. The highest BCUT2D eigenvalue weighted by Crippen LogP contribution is 2.45. The first-order valence-electron chi connectivity index (χ1n) is 18.7. The lowest BCUT2D eigenvalue weighted by Gasteiger charge is -2.18. The summed E-state index contributed by atoms with van der Waals surface area (Å²) in [6.45, 7) is 0. The quantitative estimate of drug-likeness (QED) is 0.162. The molecule has 0 spiro atoms. The maximum atomic E-state index is 2.39. The van der Waals surface area contributed by atoms with Crippen LogP contribution in [0.15, 0.2) is 206 Å². The number of benzene rings is 11. The lowest BCUT2D eigenvalue weighted by Crippen LogP contribution is -1.91. The highest BCUT2D eigenvalue weighted by atomic mass is 14.2. The monoisotopic (exact) mass is 682 g/mol. The Morgan fingerprint density at radius 2 is 0.500 bits per heavy atom. The van der Waals surface area contributed by atoms with E-state index in [1.807, 2.05) is 0 Å². The van der Waals surface area contributed by atoms with Gasteiger partial charge in [-0.1, -0.05) is 182 Å². The molecule has 11 aromatic rings. The topological polar surface area (TPSA) is 0 Å². The molecule has 0 heteroatoms. The fourth-order valence-corrected chi connectivity index (χ4v) is 8.84. The van der Waals surface area contributed by atoms with Crippen LogP contribution in [0.3, 0.4) is 0 Å². The van der Waals surface area contributed by atoms with Gasteiger partial charge in [-0.05, 0) is 133 Å². The van der Waals surface area contributed by atoms with Gasteiger partial charge in [0.15, 0.2) is 0 Å². The first-order chi connectivity index (χ1) is 26.8. The zero-order valence-electron chi connectivity index (χ0n) is 29.6. The summed E-state index contributed by atoms with van der Waals surface area (Å²) >= 11 is 0. The molecule has 54 heavy (non-hydrogen) atoms. The van der Waals surface area contributed by atoms with Crippen molar-refractivity contribution in [3.05, 3.63) is 206 Å². The Labute approximate surface area is 314 Å². The maximum Gasteiger partial charge on any atom is -0.00262 e. The van der Waals surface area contributed by atoms with Gasteiger partial charge in [0.2, 0.25) is 0 Å². The molecule has 0 nitrogen and oxygen atoms in total. The predicted octanol–water partition coefficient (Wildman–Crippen LogP) is 15.3. The van der Waals surface area contributed by atoms with Gasteiger partial charge in [-0.2, -0.15) is 0 Å². The molecule has 0 unspecified atom stereocenters. The van der Waals surface area contributed by atoms with Gasteiger partial charge < -0.3 is 0 Å². The van der Waals surface area contributed by atoms with Crippen LogP contribution >= 0.6 is 0 Å². The molecule has 0 aliphatic rings. The zero-order valence-corrected chi connectivity index (χ0v) is 29.6. The van der Waals surface area contributed by atoms with Crippen LogP contribution in [0, 0.1) is 0 Å². The van der Waals surface area contributed by atoms with Gasteiger partial charge in [-0.15, -0.1) is 0 Å². The molecule has 0 aromatic heterocycles. The zero-order chi connectivity index (χ0) is 35.6. The molecule has 0 fully saturated rings. The number of hydrogen-bond acceptors (Lipinski definition) is 0. The molecule has 0 bridgehead atoms. The molecular formula is C54H34. The van der Waals surface area contributed by atoms with E-state index in [1.54, 1.807) is 0 Å². The third-order valence-electron chi connectivity index (χ3n) is 11.4. The lowest BCUT2D eigenvalue weighted by atomic mass is 9.85. The highest BCUT2D eigenvalue weighted by molar-refractivity contribution is 6.22. The van der Waals surface area contributed by atoms with Crippen molar-refractivity contribution in [3.8, 4) is 44.5 Å². The molecule has 0 aliphatic carbocycles. The molecule has 250 valence electrons. The average molecular weight is 683 g/mol. The van der Waals surface area contributed by atoms with Gasteiger partial charge in [0, 0.05) is 0 Å². The molecule has 0 saturated carbocycles. The molecule has 0 radical (unpaired) electrons. The summed E-state index contributed by atoms with van der Waals surface area (Å²) in [6.07, 6.45) is 0. The molecule has 0 N–H and O–H groups in total. The van der Waals surface area contributed by atoms with Crippen molar-refractivity contribution in [2.45, 2.75) is 0 Å². The molecule has 0 aliphatic heterocycles. The second-order valence-corrected chi connectivity index (χ2v) is 14.4. The van der Waals surface area contributed by atoms with Gasteiger partial charge in [0.1, 0.15) is 0 Å². The summed E-state index contributed by atoms with van der Waals surface area (Å²) in [5.74, 6) is 0. The minimum atomic E-state index is 1.23. The summed E-state index contributed by atoms with van der Waals surface area (Å²) in [7, 11) is 0. The van der Waals surface area contributed by atoms with Crippen molar-refractivity contribution in [1.29, 1.82) is 0 Å². The number of hydrogen-bond donors (Lipinski definition) is 0. The molecular weight excluding hydrogens is 649 g/mol. The second-order valence-electron chi connectivity index (χ2n) is 14.4. The van der Waals surface area contributed by atoms with Crippen molar-refractivity contribution in [1.82, 2.24) is 0 Å². The van der Waals surface area contributed by atoms with Gasteiger partial charge in [-0.3, -0.25) is 0 Å². The van der Waals surface area contributed by atoms with E-state index in [0.29, 0.717) is 0 Å². The van der Waals surface area contributed by atoms with E-state index in [9.17, 15) is 0 Å². The Bertz CT molecular complexity index is 2990. The largest absolute Gasteiger partial charge is 0.0616 e. The lowest BCUT2D eigenvalue weighted by molar-refractivity contribution is 1.66. The Hall–Kier alpha value is -7.02. The normalized spacial score (nSPS) is 11.7. The molecule has 11 rings (SSSR count). The molecule has 11 aromatic carbocycles. The van der Waals surface area contributed by atoms with Crippen LogP contribution in [0.4, 0.5) is 0 Å². The first-order valence-corrected chi connectivity index (χ1v) is 18.7. The fourth-order valence-electron chi connectivity index (χ4n) is 8.84. The maximum absolute atomic E-state index is 2.39. The third-order valence-corrected chi connectivity index (χ3v) is 11.4. The smallest absolute Gasteiger partial charge is 0.00262 e. The Balaban J connectivity index is 1.10. The standard InChI is InChI=1S/C54H34/c1-3-15-45-37(11-1)13-9-21-47(45)39-27-23-35-25-29-41(33-43(35)31-39)53-49-17-5-7-19-51(49)54(52-20-8-6-18-50(52)53)42-30-26-36-24-28-40(32-44(36)34-42)48-22-10-14-38-12-2-4-16-46(38)48/h1-34H. The van der Waals surface area contributed by atoms with E-state index in [4.69, 9.17) is 0 Å². The van der Waals surface area contributed by atoms with Crippen molar-refractivity contribution >= 4 is 64.6 Å². The van der Waals surface area contributed by atoms with Crippen LogP contribution in [0.25, 0.3) is 109 Å². The minimum Gasteiger partial charge on any atom is -0.0616 e. The van der Waals surface area contributed by atoms with Crippen LogP contribution in [0.2, 0.25) is 0 Å². The van der Waals surface area contributed by atoms with Crippen molar-refractivity contribution in [2.24, 2.45) is 0 Å². The van der Waals surface area contributed by atoms with Crippen LogP contribution < -0.4 is 0 Å². The van der Waals surface area contributed by atoms with Crippen LogP contribution in [0.1, 0.15) is 0 Å². The highest BCUT2D eigenvalue weighted by Gasteiger charge is 2.17. The van der Waals surface area contributed by atoms with E-state index in [2.05, 4.69) is 206 Å². The number of rotatable bonds is 4. The molecule has 0 amide bonds. The number of fused-ring (bicyclic) bond motifs is 6. The minimum absolute atomic E-state index is 1.23. The van der Waals surface area contributed by atoms with E-state index in [1.165, 1.54) is 109 Å². The van der Waals surface area contributed by atoms with E-state index >= 15 is 0 Å². The van der Waals surface area contributed by atoms with Crippen LogP contribution in [0.5, 0.6) is 0 Å². The van der Waals surface area contributed by atoms with Crippen molar-refractivity contribution < 1.29 is 0 Å². The second kappa shape index (κ2) is 12.3. The van der Waals surface area contributed by atoms with Gasteiger partial charge in [0.25, 0.3) is 0 Å².